The minimum absolute atomic E-state index is 0.487. The Hall–Kier alpha value is -0.870. The van der Waals surface area contributed by atoms with Gasteiger partial charge in [-0.3, -0.25) is 0 Å². The van der Waals surface area contributed by atoms with Crippen LogP contribution >= 0.6 is 0 Å². The van der Waals surface area contributed by atoms with Crippen molar-refractivity contribution in [3.05, 3.63) is 29.7 Å². The van der Waals surface area contributed by atoms with Gasteiger partial charge in [0.2, 0.25) is 0 Å². The Morgan fingerprint density at radius 1 is 1.63 bits per heavy atom. The molecule has 1 fully saturated rings. The third-order valence-corrected chi connectivity index (χ3v) is 2.97. The van der Waals surface area contributed by atoms with Gasteiger partial charge in [0.1, 0.15) is 0 Å². The largest absolute Gasteiger partial charge is 0.303 e. The van der Waals surface area contributed by atoms with Crippen LogP contribution in [0.15, 0.2) is 29.1 Å². The van der Waals surface area contributed by atoms with Crippen LogP contribution in [0.25, 0.3) is 0 Å². The number of hydrogen-bond donors (Lipinski definition) is 0. The van der Waals surface area contributed by atoms with Crippen LogP contribution in [0.1, 0.15) is 60.8 Å². The first-order chi connectivity index (χ1) is 15.5. The Morgan fingerprint density at radius 2 is 2.42 bits per heavy atom. The lowest BCUT2D eigenvalue weighted by Crippen LogP contribution is -2.34. The predicted molar refractivity (Wildman–Crippen MR) is 78.3 cm³/mol. The highest BCUT2D eigenvalue weighted by Crippen LogP contribution is 2.28. The number of hydrogen-bond acceptors (Lipinski definition) is 3. The molecule has 1 aliphatic rings. The summed E-state index contributed by atoms with van der Waals surface area (Å²) in [5.74, 6) is -4.05. The predicted octanol–water partition coefficient (Wildman–Crippen LogP) is 2.68. The summed E-state index contributed by atoms with van der Waals surface area (Å²) in [6.45, 7) is -11.4. The normalized spacial score (nSPS) is 50.5. The van der Waals surface area contributed by atoms with E-state index in [2.05, 4.69) is 0 Å². The van der Waals surface area contributed by atoms with Crippen molar-refractivity contribution in [1.29, 1.82) is 0 Å². The minimum Gasteiger partial charge on any atom is -0.303 e. The van der Waals surface area contributed by atoms with Crippen molar-refractivity contribution < 1.29 is 31.7 Å². The molecule has 1 unspecified atom stereocenters. The van der Waals surface area contributed by atoms with Gasteiger partial charge in [0.05, 0.1) is 10.4 Å². The van der Waals surface area contributed by atoms with Crippen LogP contribution in [0.4, 0.5) is 0 Å². The average molecular weight is 299 g/mol. The molecule has 1 saturated heterocycles. The molecule has 0 bridgehead atoms. The first kappa shape index (κ1) is 4.08. The molecule has 0 saturated carbocycles. The van der Waals surface area contributed by atoms with Crippen molar-refractivity contribution >= 4 is 9.84 Å². The summed E-state index contributed by atoms with van der Waals surface area (Å²) in [6, 6.07) is -5.38. The average Bonchev–Trinajstić information content (AvgIpc) is 2.62. The molecule has 0 aromatic heterocycles. The topological polar surface area (TPSA) is 37.4 Å². The maximum Gasteiger partial charge on any atom is 0.175 e. The highest BCUT2D eigenvalue weighted by Gasteiger charge is 2.21. The summed E-state index contributed by atoms with van der Waals surface area (Å²) in [5, 5.41) is 0. The molecular formula is C15H23NO2S. The summed E-state index contributed by atoms with van der Waals surface area (Å²) < 4.78 is 164. The minimum atomic E-state index is -4.60. The van der Waals surface area contributed by atoms with Crippen LogP contribution in [0.3, 0.4) is 0 Å². The number of sulfone groups is 1. The summed E-state index contributed by atoms with van der Waals surface area (Å²) in [6.07, 6.45) is -10.8. The third-order valence-electron chi connectivity index (χ3n) is 2.03. The fourth-order valence-electron chi connectivity index (χ4n) is 1.24. The molecule has 2 rings (SSSR count). The second-order valence-electron chi connectivity index (χ2n) is 3.52. The lowest BCUT2D eigenvalue weighted by molar-refractivity contribution is 0.208. The van der Waals surface area contributed by atoms with E-state index >= 15 is 0 Å². The smallest absolute Gasteiger partial charge is 0.175 e. The Kier molecular flexibility index (Phi) is 1.30. The Bertz CT molecular complexity index is 1210. The van der Waals surface area contributed by atoms with Crippen molar-refractivity contribution in [2.45, 2.75) is 36.8 Å². The van der Waals surface area contributed by atoms with Crippen molar-refractivity contribution in [2.24, 2.45) is 0 Å². The number of likely N-dealkylation sites (tertiary alicyclic amines) is 1. The number of nitrogens with zero attached hydrogens (tertiary/aromatic N) is 1. The molecule has 0 spiro atoms. The van der Waals surface area contributed by atoms with Crippen molar-refractivity contribution in [2.75, 3.05) is 25.7 Å². The highest BCUT2D eigenvalue weighted by atomic mass is 32.2. The van der Waals surface area contributed by atoms with Crippen LogP contribution in [-0.4, -0.2) is 39.1 Å². The molecule has 19 heavy (non-hydrogen) atoms. The summed E-state index contributed by atoms with van der Waals surface area (Å²) >= 11 is 0. The molecule has 0 radical (unpaired) electrons. The molecule has 1 aliphatic heterocycles. The van der Waals surface area contributed by atoms with E-state index in [1.54, 1.807) is 0 Å². The molecule has 1 atom stereocenters. The highest BCUT2D eigenvalue weighted by molar-refractivity contribution is 7.90. The fourth-order valence-corrected chi connectivity index (χ4v) is 1.76. The molecule has 1 heterocycles. The molecule has 0 N–H and O–H groups in total. The standard InChI is InChI=1S/C15H23NO2S/c1-3-9-16-10-5-7-14(12-16)13-6-4-8-15(11-13)19(2,17)18/h4,6,8,11,14H,3,5,7,9-10,12H2,1-2H3/i3D2,4D,5D2,6D,7D2,8D,9D2,10D2,11D,12D2,14D. The van der Waals surface area contributed by atoms with Gasteiger partial charge in [0.15, 0.2) is 9.84 Å². The zero-order chi connectivity index (χ0) is 29.0. The van der Waals surface area contributed by atoms with E-state index in [9.17, 15) is 8.42 Å². The molecule has 0 aliphatic carbocycles. The Morgan fingerprint density at radius 3 is 3.11 bits per heavy atom. The lowest BCUT2D eigenvalue weighted by Gasteiger charge is -2.32. The number of piperidine rings is 1. The number of rotatable bonds is 4. The maximum atomic E-state index is 12.3. The fraction of sp³-hybridized carbons (Fsp3) is 0.600. The van der Waals surface area contributed by atoms with Crippen LogP contribution < -0.4 is 0 Å². The zero-order valence-corrected chi connectivity index (χ0v) is 11.0. The van der Waals surface area contributed by atoms with Gasteiger partial charge in [-0.15, -0.1) is 0 Å². The van der Waals surface area contributed by atoms with Crippen LogP contribution in [-0.2, 0) is 9.84 Å². The monoisotopic (exact) mass is 298 g/mol. The summed E-state index contributed by atoms with van der Waals surface area (Å²) in [4.78, 5) is -1.95. The Balaban J connectivity index is 3.30. The molecule has 4 heteroatoms. The van der Waals surface area contributed by atoms with E-state index < -0.39 is 93.9 Å². The maximum absolute atomic E-state index is 12.3. The first-order valence-corrected chi connectivity index (χ1v) is 7.01. The van der Waals surface area contributed by atoms with Crippen molar-refractivity contribution in [3.63, 3.8) is 0 Å². The van der Waals surface area contributed by atoms with Gasteiger partial charge in [-0.25, -0.2) is 8.42 Å². The second-order valence-corrected chi connectivity index (χ2v) is 5.47. The van der Waals surface area contributed by atoms with Gasteiger partial charge >= 0.3 is 0 Å². The van der Waals surface area contributed by atoms with Gasteiger partial charge in [0.25, 0.3) is 0 Å². The van der Waals surface area contributed by atoms with Crippen LogP contribution in [0.5, 0.6) is 0 Å². The zero-order valence-electron chi connectivity index (χ0n) is 27.2. The van der Waals surface area contributed by atoms with E-state index in [4.69, 9.17) is 23.3 Å². The SMILES string of the molecule is [2H]c1c([2H])c(C2([2H])C([2H])([2H])N(C([2H])([2H])C([2H])([2H])C)C([2H])([2H])C([2H])([2H])C2([2H])[2H])c([2H])c(S(C)(=O)=O)c1[2H]. The van der Waals surface area contributed by atoms with E-state index in [-0.39, 0.29) is 0 Å². The van der Waals surface area contributed by atoms with E-state index in [1.807, 2.05) is 0 Å². The molecule has 3 nitrogen and oxygen atoms in total. The van der Waals surface area contributed by atoms with Crippen LogP contribution in [0.2, 0.25) is 0 Å². The number of benzene rings is 1. The van der Waals surface area contributed by atoms with Gasteiger partial charge in [-0.1, -0.05) is 19.0 Å². The molecule has 1 aromatic carbocycles. The van der Waals surface area contributed by atoms with Gasteiger partial charge in [-0.2, -0.15) is 0 Å². The van der Waals surface area contributed by atoms with E-state index in [0.29, 0.717) is 13.2 Å². The van der Waals surface area contributed by atoms with Crippen molar-refractivity contribution in [3.8, 4) is 0 Å². The molecule has 1 aromatic rings. The van der Waals surface area contributed by atoms with Gasteiger partial charge in [-0.05, 0) is 55.7 Å². The Labute approximate surface area is 140 Å². The van der Waals surface area contributed by atoms with Crippen LogP contribution in [0, 0.1) is 0 Å². The first-order valence-electron chi connectivity index (χ1n) is 13.6. The van der Waals surface area contributed by atoms with Crippen molar-refractivity contribution in [1.82, 2.24) is 4.90 Å². The summed E-state index contributed by atoms with van der Waals surface area (Å²) in [7, 11) is -4.60. The lowest BCUT2D eigenvalue weighted by atomic mass is 9.90. The third kappa shape index (κ3) is 3.80. The summed E-state index contributed by atoms with van der Waals surface area (Å²) in [5.41, 5.74) is -1.55. The second kappa shape index (κ2) is 6.06. The van der Waals surface area contributed by atoms with Gasteiger partial charge in [0, 0.05) is 30.6 Å². The molecular weight excluding hydrogens is 258 g/mol. The van der Waals surface area contributed by atoms with E-state index in [0.717, 1.165) is 0 Å². The molecule has 106 valence electrons. The van der Waals surface area contributed by atoms with Gasteiger partial charge < -0.3 is 4.90 Å². The molecule has 0 amide bonds. The quantitative estimate of drug-likeness (QED) is 0.857. The van der Waals surface area contributed by atoms with E-state index in [1.165, 1.54) is 0 Å².